The van der Waals surface area contributed by atoms with Gasteiger partial charge in [0.15, 0.2) is 5.82 Å². The molecule has 1 rings (SSSR count). The lowest BCUT2D eigenvalue weighted by atomic mass is 10.3. The zero-order valence-corrected chi connectivity index (χ0v) is 6.93. The van der Waals surface area contributed by atoms with Crippen molar-refractivity contribution in [1.29, 1.82) is 0 Å². The van der Waals surface area contributed by atoms with Crippen LogP contribution < -0.4 is 10.2 Å². The Morgan fingerprint density at radius 2 is 2.08 bits per heavy atom. The number of rotatable bonds is 3. The molecular formula is C8H10FNO2. The van der Waals surface area contributed by atoms with Crippen LogP contribution in [-0.2, 0) is 4.84 Å². The summed E-state index contributed by atoms with van der Waals surface area (Å²) in [6.07, 6.45) is 0. The van der Waals surface area contributed by atoms with E-state index in [-0.39, 0.29) is 5.69 Å². The third-order valence-corrected chi connectivity index (χ3v) is 1.40. The Morgan fingerprint density at radius 3 is 2.67 bits per heavy atom. The van der Waals surface area contributed by atoms with Gasteiger partial charge in [0.1, 0.15) is 11.4 Å². The molecule has 0 aliphatic rings. The van der Waals surface area contributed by atoms with Crippen molar-refractivity contribution >= 4 is 5.69 Å². The standard InChI is InChI=1S/C8H10FNO2/c1-11-7-5-3-4-6(9)8(7)10-12-2/h3-5,10H,1-2H3. The van der Waals surface area contributed by atoms with Crippen LogP contribution in [0.15, 0.2) is 18.2 Å². The van der Waals surface area contributed by atoms with E-state index in [1.807, 2.05) is 0 Å². The molecule has 0 bridgehead atoms. The van der Waals surface area contributed by atoms with Gasteiger partial charge >= 0.3 is 0 Å². The molecule has 0 heterocycles. The van der Waals surface area contributed by atoms with E-state index in [4.69, 9.17) is 4.74 Å². The summed E-state index contributed by atoms with van der Waals surface area (Å²) in [4.78, 5) is 4.58. The fourth-order valence-electron chi connectivity index (χ4n) is 0.876. The molecule has 1 N–H and O–H groups in total. The molecule has 0 spiro atoms. The van der Waals surface area contributed by atoms with Crippen LogP contribution in [0.5, 0.6) is 5.75 Å². The summed E-state index contributed by atoms with van der Waals surface area (Å²) in [6.45, 7) is 0. The normalized spacial score (nSPS) is 9.58. The second-order valence-electron chi connectivity index (χ2n) is 2.12. The molecule has 0 aliphatic carbocycles. The molecule has 0 saturated heterocycles. The summed E-state index contributed by atoms with van der Waals surface area (Å²) >= 11 is 0. The first kappa shape index (κ1) is 8.80. The SMILES string of the molecule is CONc1c(F)cccc1OC. The van der Waals surface area contributed by atoms with Crippen molar-refractivity contribution in [3.63, 3.8) is 0 Å². The van der Waals surface area contributed by atoms with Gasteiger partial charge in [-0.1, -0.05) is 6.07 Å². The molecular weight excluding hydrogens is 161 g/mol. The van der Waals surface area contributed by atoms with Crippen molar-refractivity contribution in [3.8, 4) is 5.75 Å². The van der Waals surface area contributed by atoms with E-state index in [2.05, 4.69) is 10.3 Å². The maximum absolute atomic E-state index is 13.0. The number of halogens is 1. The largest absolute Gasteiger partial charge is 0.494 e. The van der Waals surface area contributed by atoms with E-state index in [0.717, 1.165) is 0 Å². The predicted octanol–water partition coefficient (Wildman–Crippen LogP) is 1.81. The molecule has 3 nitrogen and oxygen atoms in total. The molecule has 66 valence electrons. The number of benzene rings is 1. The van der Waals surface area contributed by atoms with Crippen molar-refractivity contribution in [1.82, 2.24) is 0 Å². The maximum Gasteiger partial charge on any atom is 0.152 e. The zero-order chi connectivity index (χ0) is 8.97. The Balaban J connectivity index is 3.02. The highest BCUT2D eigenvalue weighted by Crippen LogP contribution is 2.26. The molecule has 12 heavy (non-hydrogen) atoms. The summed E-state index contributed by atoms with van der Waals surface area (Å²) in [7, 11) is 2.88. The number of para-hydroxylation sites is 1. The first-order valence-corrected chi connectivity index (χ1v) is 3.41. The first-order chi connectivity index (χ1) is 5.79. The Bertz CT molecular complexity index is 265. The van der Waals surface area contributed by atoms with Crippen LogP contribution in [0.1, 0.15) is 0 Å². The molecule has 0 radical (unpaired) electrons. The van der Waals surface area contributed by atoms with E-state index in [9.17, 15) is 4.39 Å². The average Bonchev–Trinajstić information content (AvgIpc) is 2.09. The second kappa shape index (κ2) is 3.92. The van der Waals surface area contributed by atoms with Gasteiger partial charge in [-0.15, -0.1) is 0 Å². The quantitative estimate of drug-likeness (QED) is 0.703. The summed E-state index contributed by atoms with van der Waals surface area (Å²) in [6, 6.07) is 4.53. The van der Waals surface area contributed by atoms with E-state index < -0.39 is 5.82 Å². The Hall–Kier alpha value is -1.29. The second-order valence-corrected chi connectivity index (χ2v) is 2.12. The molecule has 0 aliphatic heterocycles. The van der Waals surface area contributed by atoms with Gasteiger partial charge in [-0.2, -0.15) is 0 Å². The monoisotopic (exact) mass is 171 g/mol. The first-order valence-electron chi connectivity index (χ1n) is 3.41. The van der Waals surface area contributed by atoms with Crippen molar-refractivity contribution < 1.29 is 14.0 Å². The number of hydrogen-bond donors (Lipinski definition) is 1. The molecule has 0 amide bonds. The summed E-state index contributed by atoms with van der Waals surface area (Å²) < 4.78 is 17.9. The smallest absolute Gasteiger partial charge is 0.152 e. The van der Waals surface area contributed by atoms with Gasteiger partial charge in [0, 0.05) is 0 Å². The number of methoxy groups -OCH3 is 1. The fraction of sp³-hybridized carbons (Fsp3) is 0.250. The van der Waals surface area contributed by atoms with Crippen LogP contribution in [0.2, 0.25) is 0 Å². The fourth-order valence-corrected chi connectivity index (χ4v) is 0.876. The van der Waals surface area contributed by atoms with E-state index in [0.29, 0.717) is 5.75 Å². The van der Waals surface area contributed by atoms with Gasteiger partial charge in [-0.05, 0) is 12.1 Å². The van der Waals surface area contributed by atoms with Crippen LogP contribution >= 0.6 is 0 Å². The summed E-state index contributed by atoms with van der Waals surface area (Å²) in [5, 5.41) is 0. The Kier molecular flexibility index (Phi) is 2.88. The molecule has 0 fully saturated rings. The van der Waals surface area contributed by atoms with Crippen LogP contribution in [0.25, 0.3) is 0 Å². The van der Waals surface area contributed by atoms with E-state index >= 15 is 0 Å². The number of ether oxygens (including phenoxy) is 1. The Morgan fingerprint density at radius 1 is 1.33 bits per heavy atom. The van der Waals surface area contributed by atoms with Crippen molar-refractivity contribution in [3.05, 3.63) is 24.0 Å². The van der Waals surface area contributed by atoms with Gasteiger partial charge in [0.05, 0.1) is 14.2 Å². The number of hydrogen-bond acceptors (Lipinski definition) is 3. The van der Waals surface area contributed by atoms with Gasteiger partial charge in [-0.3, -0.25) is 10.3 Å². The maximum atomic E-state index is 13.0. The third kappa shape index (κ3) is 1.65. The van der Waals surface area contributed by atoms with E-state index in [1.54, 1.807) is 12.1 Å². The highest BCUT2D eigenvalue weighted by molar-refractivity contribution is 5.55. The highest BCUT2D eigenvalue weighted by Gasteiger charge is 2.06. The van der Waals surface area contributed by atoms with Crippen LogP contribution in [0.4, 0.5) is 10.1 Å². The molecule has 4 heteroatoms. The summed E-state index contributed by atoms with van der Waals surface area (Å²) in [5.74, 6) is 0.00745. The van der Waals surface area contributed by atoms with Crippen LogP contribution in [0, 0.1) is 5.82 Å². The minimum absolute atomic E-state index is 0.211. The molecule has 0 atom stereocenters. The molecule has 1 aromatic carbocycles. The summed E-state index contributed by atoms with van der Waals surface area (Å²) in [5.41, 5.74) is 2.61. The lowest BCUT2D eigenvalue weighted by Gasteiger charge is -2.08. The zero-order valence-electron chi connectivity index (χ0n) is 6.93. The van der Waals surface area contributed by atoms with Crippen LogP contribution in [0.3, 0.4) is 0 Å². The van der Waals surface area contributed by atoms with Crippen LogP contribution in [-0.4, -0.2) is 14.2 Å². The lowest BCUT2D eigenvalue weighted by molar-refractivity contribution is 0.265. The molecule has 0 saturated carbocycles. The molecule has 0 aromatic heterocycles. The number of anilines is 1. The predicted molar refractivity (Wildman–Crippen MR) is 43.6 cm³/mol. The average molecular weight is 171 g/mol. The van der Waals surface area contributed by atoms with E-state index in [1.165, 1.54) is 20.3 Å². The van der Waals surface area contributed by atoms with Crippen molar-refractivity contribution in [2.24, 2.45) is 0 Å². The Labute approximate surface area is 70.1 Å². The lowest BCUT2D eigenvalue weighted by Crippen LogP contribution is -2.00. The minimum Gasteiger partial charge on any atom is -0.494 e. The van der Waals surface area contributed by atoms with Gasteiger partial charge < -0.3 is 4.74 Å². The highest BCUT2D eigenvalue weighted by atomic mass is 19.1. The molecule has 1 aromatic rings. The minimum atomic E-state index is -0.406. The van der Waals surface area contributed by atoms with Crippen molar-refractivity contribution in [2.75, 3.05) is 19.7 Å². The van der Waals surface area contributed by atoms with Gasteiger partial charge in [-0.25, -0.2) is 4.39 Å². The van der Waals surface area contributed by atoms with Gasteiger partial charge in [0.25, 0.3) is 0 Å². The number of nitrogens with one attached hydrogen (secondary N) is 1. The molecule has 0 unspecified atom stereocenters. The van der Waals surface area contributed by atoms with Crippen molar-refractivity contribution in [2.45, 2.75) is 0 Å². The van der Waals surface area contributed by atoms with Gasteiger partial charge in [0.2, 0.25) is 0 Å². The third-order valence-electron chi connectivity index (χ3n) is 1.40. The topological polar surface area (TPSA) is 30.5 Å².